The Morgan fingerprint density at radius 2 is 2.02 bits per heavy atom. The lowest BCUT2D eigenvalue weighted by molar-refractivity contribution is -0.118. The van der Waals surface area contributed by atoms with Crippen LogP contribution in [-0.2, 0) is 16.2 Å². The zero-order valence-electron chi connectivity index (χ0n) is 21.6. The molecule has 2 saturated carbocycles. The van der Waals surface area contributed by atoms with Crippen LogP contribution < -0.4 is 20.3 Å². The average molecular weight is 540 g/mol. The van der Waals surface area contributed by atoms with Gasteiger partial charge in [0.1, 0.15) is 31.1 Å². The number of rotatable bonds is 8. The third-order valence-corrected chi connectivity index (χ3v) is 7.27. The van der Waals surface area contributed by atoms with Crippen LogP contribution in [0.4, 0.5) is 16.3 Å². The van der Waals surface area contributed by atoms with Crippen LogP contribution in [0.25, 0.3) is 5.65 Å². The van der Waals surface area contributed by atoms with Crippen LogP contribution in [0.3, 0.4) is 0 Å². The van der Waals surface area contributed by atoms with E-state index in [1.165, 1.54) is 11.2 Å². The summed E-state index contributed by atoms with van der Waals surface area (Å²) in [5.74, 6) is 1.04. The molecular formula is C27H25N9O4. The summed E-state index contributed by atoms with van der Waals surface area (Å²) in [5.41, 5.74) is 3.72. The molecule has 0 aromatic carbocycles. The molecule has 3 fully saturated rings. The Morgan fingerprint density at radius 3 is 2.80 bits per heavy atom. The highest BCUT2D eigenvalue weighted by Gasteiger charge is 2.46. The van der Waals surface area contributed by atoms with E-state index in [4.69, 9.17) is 4.74 Å². The van der Waals surface area contributed by atoms with Gasteiger partial charge in [-0.15, -0.1) is 0 Å². The molecular weight excluding hydrogens is 514 g/mol. The number of anilines is 2. The number of imidazole rings is 1. The number of aryl methyl sites for hydroxylation is 1. The lowest BCUT2D eigenvalue weighted by atomic mass is 10.1. The molecule has 4 aromatic rings. The zero-order chi connectivity index (χ0) is 27.4. The highest BCUT2D eigenvalue weighted by atomic mass is 16.5. The molecule has 0 spiro atoms. The molecule has 2 N–H and O–H groups in total. The van der Waals surface area contributed by atoms with Crippen LogP contribution >= 0.6 is 0 Å². The first-order valence-electron chi connectivity index (χ1n) is 13.1. The molecule has 1 saturated heterocycles. The van der Waals surface area contributed by atoms with Gasteiger partial charge in [0.15, 0.2) is 5.65 Å². The number of carbonyl (C=O) groups is 3. The fourth-order valence-corrected chi connectivity index (χ4v) is 4.97. The van der Waals surface area contributed by atoms with Crippen molar-refractivity contribution < 1.29 is 19.1 Å². The third-order valence-electron chi connectivity index (χ3n) is 7.27. The van der Waals surface area contributed by atoms with E-state index in [2.05, 4.69) is 35.6 Å². The van der Waals surface area contributed by atoms with E-state index in [-0.39, 0.29) is 42.7 Å². The van der Waals surface area contributed by atoms with Gasteiger partial charge in [0.2, 0.25) is 17.7 Å². The zero-order valence-corrected chi connectivity index (χ0v) is 21.6. The Bertz CT molecular complexity index is 1680. The van der Waals surface area contributed by atoms with Crippen LogP contribution in [0.15, 0.2) is 43.1 Å². The maximum absolute atomic E-state index is 12.8. The molecule has 7 rings (SSSR count). The minimum absolute atomic E-state index is 0.00239. The van der Waals surface area contributed by atoms with Crippen molar-refractivity contribution in [2.45, 2.75) is 44.6 Å². The van der Waals surface area contributed by atoms with Gasteiger partial charge in [-0.1, -0.05) is 0 Å². The molecule has 4 aromatic heterocycles. The molecule has 3 aliphatic rings. The summed E-state index contributed by atoms with van der Waals surface area (Å²) in [6, 6.07) is 4.87. The summed E-state index contributed by atoms with van der Waals surface area (Å²) in [7, 11) is 0. The van der Waals surface area contributed by atoms with Crippen LogP contribution in [0, 0.1) is 12.8 Å². The standard InChI is InChI=1S/C27H25N9O4/c1-14-4-5-28-24(31-14)18-7-19(18)26(38)33-21-8-23(30-13-29-21)40-12-17-10-35-9-16(15-2-3-15)6-20(25(35)32-17)36-11-22(37)34-27(36)39/h4-6,8-10,13,15,18-19H,2-3,7,11-12H2,1H3,(H,34,37,39)(H,29,30,33,38). The van der Waals surface area contributed by atoms with E-state index in [1.54, 1.807) is 12.3 Å². The summed E-state index contributed by atoms with van der Waals surface area (Å²) < 4.78 is 7.74. The van der Waals surface area contributed by atoms with E-state index in [9.17, 15) is 14.4 Å². The normalized spacial score (nSPS) is 20.1. The smallest absolute Gasteiger partial charge is 0.329 e. The number of nitrogens with one attached hydrogen (secondary N) is 2. The van der Waals surface area contributed by atoms with Gasteiger partial charge < -0.3 is 14.5 Å². The number of amides is 4. The Balaban J connectivity index is 1.04. The van der Waals surface area contributed by atoms with Crippen molar-refractivity contribution in [3.63, 3.8) is 0 Å². The van der Waals surface area contributed by atoms with Gasteiger partial charge in [-0.25, -0.2) is 29.7 Å². The SMILES string of the molecule is Cc1ccnc(C2CC2C(=O)Nc2cc(OCc3cn4cc(C5CC5)cc(N5CC(=O)NC5=O)c4n3)ncn2)n1. The molecule has 202 valence electrons. The topological polar surface area (TPSA) is 157 Å². The predicted octanol–water partition coefficient (Wildman–Crippen LogP) is 2.48. The van der Waals surface area contributed by atoms with E-state index < -0.39 is 6.03 Å². The number of aromatic nitrogens is 6. The van der Waals surface area contributed by atoms with Gasteiger partial charge in [0, 0.05) is 42.2 Å². The fraction of sp³-hybridized carbons (Fsp3) is 0.333. The predicted molar refractivity (Wildman–Crippen MR) is 141 cm³/mol. The van der Waals surface area contributed by atoms with Gasteiger partial charge in [0.25, 0.3) is 0 Å². The first kappa shape index (κ1) is 24.1. The lowest BCUT2D eigenvalue weighted by Gasteiger charge is -2.15. The van der Waals surface area contributed by atoms with Crippen LogP contribution in [0.5, 0.6) is 5.88 Å². The summed E-state index contributed by atoms with van der Waals surface area (Å²) >= 11 is 0. The van der Waals surface area contributed by atoms with Crippen molar-refractivity contribution in [3.05, 3.63) is 65.9 Å². The molecule has 2 aliphatic carbocycles. The second-order valence-electron chi connectivity index (χ2n) is 10.4. The van der Waals surface area contributed by atoms with Crippen molar-refractivity contribution in [2.75, 3.05) is 16.8 Å². The maximum atomic E-state index is 12.8. The molecule has 5 heterocycles. The summed E-state index contributed by atoms with van der Waals surface area (Å²) in [4.78, 5) is 60.1. The van der Waals surface area contributed by atoms with Crippen LogP contribution in [-0.4, -0.2) is 53.7 Å². The van der Waals surface area contributed by atoms with E-state index in [0.717, 1.165) is 24.1 Å². The van der Waals surface area contributed by atoms with E-state index in [1.807, 2.05) is 35.9 Å². The van der Waals surface area contributed by atoms with E-state index in [0.29, 0.717) is 41.0 Å². The Kier molecular flexibility index (Phi) is 5.65. The molecule has 1 aliphatic heterocycles. The number of fused-ring (bicyclic) bond motifs is 1. The molecule has 2 unspecified atom stereocenters. The average Bonchev–Trinajstić information content (AvgIpc) is 3.86. The molecule has 4 amide bonds. The number of hydrogen-bond acceptors (Lipinski definition) is 9. The number of urea groups is 1. The maximum Gasteiger partial charge on any atom is 0.329 e. The number of carbonyl (C=O) groups excluding carboxylic acids is 3. The summed E-state index contributed by atoms with van der Waals surface area (Å²) in [6.45, 7) is 1.96. The van der Waals surface area contributed by atoms with Crippen molar-refractivity contribution in [3.8, 4) is 5.88 Å². The number of nitrogens with zero attached hydrogens (tertiary/aromatic N) is 7. The minimum Gasteiger partial charge on any atom is -0.471 e. The number of imide groups is 1. The first-order valence-corrected chi connectivity index (χ1v) is 13.1. The highest BCUT2D eigenvalue weighted by Crippen LogP contribution is 2.46. The Labute approximate surface area is 228 Å². The third kappa shape index (κ3) is 4.70. The monoisotopic (exact) mass is 539 g/mol. The first-order chi connectivity index (χ1) is 19.4. The molecule has 40 heavy (non-hydrogen) atoms. The summed E-state index contributed by atoms with van der Waals surface area (Å²) in [5, 5.41) is 5.16. The molecule has 2 atom stereocenters. The van der Waals surface area contributed by atoms with Crippen LogP contribution in [0.2, 0.25) is 0 Å². The van der Waals surface area contributed by atoms with Gasteiger partial charge in [0.05, 0.1) is 11.4 Å². The largest absolute Gasteiger partial charge is 0.471 e. The van der Waals surface area contributed by atoms with Crippen molar-refractivity contribution in [1.29, 1.82) is 0 Å². The second kappa shape index (κ2) is 9.36. The number of pyridine rings is 1. The van der Waals surface area contributed by atoms with Crippen LogP contribution in [0.1, 0.15) is 53.9 Å². The Hall–Kier alpha value is -4.94. The number of hydrogen-bond donors (Lipinski definition) is 2. The minimum atomic E-state index is -0.458. The van der Waals surface area contributed by atoms with E-state index >= 15 is 0 Å². The van der Waals surface area contributed by atoms with Gasteiger partial charge in [-0.3, -0.25) is 19.8 Å². The highest BCUT2D eigenvalue weighted by molar-refractivity contribution is 6.13. The Morgan fingerprint density at radius 1 is 1.15 bits per heavy atom. The van der Waals surface area contributed by atoms with Crippen molar-refractivity contribution >= 4 is 35.0 Å². The summed E-state index contributed by atoms with van der Waals surface area (Å²) in [6.07, 6.45) is 9.75. The van der Waals surface area contributed by atoms with Crippen molar-refractivity contribution in [2.24, 2.45) is 5.92 Å². The molecule has 0 radical (unpaired) electrons. The van der Waals surface area contributed by atoms with Gasteiger partial charge in [-0.2, -0.15) is 0 Å². The molecule has 13 heteroatoms. The quantitative estimate of drug-likeness (QED) is 0.321. The second-order valence-corrected chi connectivity index (χ2v) is 10.4. The number of ether oxygens (including phenoxy) is 1. The fourth-order valence-electron chi connectivity index (χ4n) is 4.97. The lowest BCUT2D eigenvalue weighted by Crippen LogP contribution is -2.28. The molecule has 0 bridgehead atoms. The molecule has 13 nitrogen and oxygen atoms in total. The van der Waals surface area contributed by atoms with Crippen molar-refractivity contribution in [1.82, 2.24) is 34.6 Å². The van der Waals surface area contributed by atoms with Gasteiger partial charge >= 0.3 is 6.03 Å². The van der Waals surface area contributed by atoms with Gasteiger partial charge in [-0.05, 0) is 49.8 Å².